The fourth-order valence-electron chi connectivity index (χ4n) is 3.65. The molecule has 5 N–H and O–H groups in total. The first-order valence-electron chi connectivity index (χ1n) is 10.7. The number of primary amides is 1. The molecule has 0 aliphatic rings. The Kier molecular flexibility index (Phi) is 7.67. The smallest absolute Gasteiger partial charge is 0.248 e. The van der Waals surface area contributed by atoms with Crippen molar-refractivity contribution in [2.24, 2.45) is 5.73 Å². The molecule has 0 spiro atoms. The van der Waals surface area contributed by atoms with E-state index in [-0.39, 0.29) is 29.4 Å². The van der Waals surface area contributed by atoms with Crippen LogP contribution >= 0.6 is 0 Å². The monoisotopic (exact) mass is 439 g/mol. The topological polar surface area (TPSA) is 122 Å². The zero-order valence-electron chi connectivity index (χ0n) is 19.7. The average Bonchev–Trinajstić information content (AvgIpc) is 2.69. The number of carbonyl (C=O) groups excluding carboxylic acids is 3. The minimum Gasteiger partial charge on any atom is -0.507 e. The number of aryl methyl sites for hydroxylation is 1. The molecule has 0 saturated heterocycles. The Bertz CT molecular complexity index is 1050. The van der Waals surface area contributed by atoms with E-state index in [1.54, 1.807) is 38.1 Å². The summed E-state index contributed by atoms with van der Waals surface area (Å²) in [5, 5.41) is 16.2. The van der Waals surface area contributed by atoms with Crippen molar-refractivity contribution in [3.05, 3.63) is 52.1 Å². The molecule has 0 fully saturated rings. The summed E-state index contributed by atoms with van der Waals surface area (Å²) >= 11 is 0. The molecule has 32 heavy (non-hydrogen) atoms. The molecule has 2 rings (SSSR count). The first-order chi connectivity index (χ1) is 14.9. The molecule has 2 aromatic rings. The first-order valence-corrected chi connectivity index (χ1v) is 10.7. The Morgan fingerprint density at radius 2 is 1.72 bits per heavy atom. The minimum absolute atomic E-state index is 0.0811. The van der Waals surface area contributed by atoms with Crippen LogP contribution in [-0.4, -0.2) is 29.2 Å². The number of phenols is 1. The number of ketones is 1. The molecule has 7 nitrogen and oxygen atoms in total. The van der Waals surface area contributed by atoms with Gasteiger partial charge in [0.1, 0.15) is 5.75 Å². The molecule has 0 atom stereocenters. The third kappa shape index (κ3) is 5.66. The van der Waals surface area contributed by atoms with Crippen LogP contribution < -0.4 is 16.4 Å². The van der Waals surface area contributed by atoms with Gasteiger partial charge >= 0.3 is 0 Å². The lowest BCUT2D eigenvalue weighted by Gasteiger charge is -2.24. The molecular formula is C25H33N3O4. The van der Waals surface area contributed by atoms with Gasteiger partial charge in [0.25, 0.3) is 0 Å². The van der Waals surface area contributed by atoms with Crippen LogP contribution in [0.1, 0.15) is 77.9 Å². The second-order valence-corrected chi connectivity index (χ2v) is 9.04. The summed E-state index contributed by atoms with van der Waals surface area (Å²) in [7, 11) is 0. The first kappa shape index (κ1) is 24.9. The molecule has 7 heteroatoms. The second-order valence-electron chi connectivity index (χ2n) is 9.04. The fourth-order valence-corrected chi connectivity index (χ4v) is 3.65. The van der Waals surface area contributed by atoms with E-state index in [2.05, 4.69) is 10.6 Å². The third-order valence-electron chi connectivity index (χ3n) is 5.32. The van der Waals surface area contributed by atoms with E-state index in [0.29, 0.717) is 46.5 Å². The number of Topliss-reactive ketones (excluding diaryl/α,β-unsaturated/α-hetero) is 1. The Labute approximate surface area is 189 Å². The molecule has 0 aliphatic carbocycles. The van der Waals surface area contributed by atoms with Crippen LogP contribution in [0.15, 0.2) is 24.3 Å². The van der Waals surface area contributed by atoms with E-state index in [4.69, 9.17) is 5.73 Å². The van der Waals surface area contributed by atoms with Crippen molar-refractivity contribution in [3.63, 3.8) is 0 Å². The van der Waals surface area contributed by atoms with E-state index in [9.17, 15) is 19.5 Å². The number of benzene rings is 2. The quantitative estimate of drug-likeness (QED) is 0.358. The number of hydrogen-bond acceptors (Lipinski definition) is 5. The summed E-state index contributed by atoms with van der Waals surface area (Å²) in [5.74, 6) is -0.924. The minimum atomic E-state index is -0.576. The maximum absolute atomic E-state index is 12.8. The molecule has 0 bridgehead atoms. The van der Waals surface area contributed by atoms with Gasteiger partial charge in [-0.3, -0.25) is 14.4 Å². The fraction of sp³-hybridized carbons (Fsp3) is 0.400. The van der Waals surface area contributed by atoms with Crippen LogP contribution in [0.4, 0.5) is 11.4 Å². The van der Waals surface area contributed by atoms with Crippen LogP contribution in [0.25, 0.3) is 0 Å². The van der Waals surface area contributed by atoms with Crippen LogP contribution in [-0.2, 0) is 10.2 Å². The third-order valence-corrected chi connectivity index (χ3v) is 5.32. The molecule has 0 unspecified atom stereocenters. The van der Waals surface area contributed by atoms with Crippen LogP contribution in [0, 0.1) is 13.8 Å². The second kappa shape index (κ2) is 9.85. The highest BCUT2D eigenvalue weighted by atomic mass is 16.3. The van der Waals surface area contributed by atoms with E-state index < -0.39 is 5.91 Å². The van der Waals surface area contributed by atoms with Gasteiger partial charge in [0.2, 0.25) is 11.8 Å². The van der Waals surface area contributed by atoms with Crippen molar-refractivity contribution in [3.8, 4) is 5.75 Å². The van der Waals surface area contributed by atoms with Gasteiger partial charge in [0, 0.05) is 34.5 Å². The van der Waals surface area contributed by atoms with E-state index >= 15 is 0 Å². The molecule has 0 aromatic heterocycles. The molecule has 2 aromatic carbocycles. The summed E-state index contributed by atoms with van der Waals surface area (Å²) in [6.07, 6.45) is 1.03. The summed E-state index contributed by atoms with van der Waals surface area (Å²) < 4.78 is 0. The molecule has 2 amide bonds. The van der Waals surface area contributed by atoms with Crippen molar-refractivity contribution in [1.82, 2.24) is 0 Å². The number of carbonyl (C=O) groups is 3. The van der Waals surface area contributed by atoms with Gasteiger partial charge in [0.05, 0.1) is 6.54 Å². The lowest BCUT2D eigenvalue weighted by molar-refractivity contribution is -0.114. The van der Waals surface area contributed by atoms with Gasteiger partial charge in [-0.15, -0.1) is 0 Å². The Balaban J connectivity index is 2.30. The Hall–Kier alpha value is -3.35. The van der Waals surface area contributed by atoms with Gasteiger partial charge in [-0.2, -0.15) is 0 Å². The SMILES string of the molecule is CCCC(=O)c1c(NCC(=O)Nc2cc(C(N)=O)ccc2C(C)(C)C)cc(C)c(O)c1C. The van der Waals surface area contributed by atoms with Crippen molar-refractivity contribution in [1.29, 1.82) is 0 Å². The number of anilines is 2. The predicted molar refractivity (Wildman–Crippen MR) is 128 cm³/mol. The number of phenolic OH excluding ortho intramolecular Hbond substituents is 1. The van der Waals surface area contributed by atoms with Crippen molar-refractivity contribution < 1.29 is 19.5 Å². The number of amides is 2. The predicted octanol–water partition coefficient (Wildman–Crippen LogP) is 4.44. The Morgan fingerprint density at radius 3 is 2.28 bits per heavy atom. The number of hydrogen-bond donors (Lipinski definition) is 4. The standard InChI is InChI=1S/C25H33N3O4/c1-7-8-20(29)22-15(3)23(31)14(2)11-19(22)27-13-21(30)28-18-12-16(24(26)32)9-10-17(18)25(4,5)6/h9-12,27,31H,7-8,13H2,1-6H3,(H2,26,32)(H,28,30). The highest BCUT2D eigenvalue weighted by Gasteiger charge is 2.22. The van der Waals surface area contributed by atoms with E-state index in [1.807, 2.05) is 27.7 Å². The Morgan fingerprint density at radius 1 is 1.06 bits per heavy atom. The maximum Gasteiger partial charge on any atom is 0.248 e. The lowest BCUT2D eigenvalue weighted by Crippen LogP contribution is -2.25. The van der Waals surface area contributed by atoms with Gasteiger partial charge in [0.15, 0.2) is 5.78 Å². The average molecular weight is 440 g/mol. The van der Waals surface area contributed by atoms with E-state index in [1.165, 1.54) is 0 Å². The molecule has 0 aliphatic heterocycles. The molecule has 0 radical (unpaired) electrons. The largest absolute Gasteiger partial charge is 0.507 e. The zero-order chi connectivity index (χ0) is 24.2. The van der Waals surface area contributed by atoms with Crippen molar-refractivity contribution in [2.45, 2.75) is 59.8 Å². The summed E-state index contributed by atoms with van der Waals surface area (Å²) in [4.78, 5) is 37.0. The summed E-state index contributed by atoms with van der Waals surface area (Å²) in [6, 6.07) is 6.68. The summed E-state index contributed by atoms with van der Waals surface area (Å²) in [5.41, 5.74) is 8.83. The van der Waals surface area contributed by atoms with Gasteiger partial charge in [-0.05, 0) is 55.0 Å². The lowest BCUT2D eigenvalue weighted by atomic mass is 9.85. The zero-order valence-corrected chi connectivity index (χ0v) is 19.7. The van der Waals surface area contributed by atoms with Gasteiger partial charge in [-0.1, -0.05) is 33.8 Å². The maximum atomic E-state index is 12.8. The highest BCUT2D eigenvalue weighted by molar-refractivity contribution is 6.04. The van der Waals surface area contributed by atoms with Crippen LogP contribution in [0.3, 0.4) is 0 Å². The van der Waals surface area contributed by atoms with Crippen LogP contribution in [0.2, 0.25) is 0 Å². The number of aromatic hydroxyl groups is 1. The molecule has 172 valence electrons. The highest BCUT2D eigenvalue weighted by Crippen LogP contribution is 2.33. The van der Waals surface area contributed by atoms with Crippen LogP contribution in [0.5, 0.6) is 5.75 Å². The molecule has 0 heterocycles. The molecule has 0 saturated carbocycles. The molecular weight excluding hydrogens is 406 g/mol. The summed E-state index contributed by atoms with van der Waals surface area (Å²) in [6.45, 7) is 11.3. The van der Waals surface area contributed by atoms with Crippen molar-refractivity contribution in [2.75, 3.05) is 17.2 Å². The van der Waals surface area contributed by atoms with Gasteiger partial charge in [-0.25, -0.2) is 0 Å². The normalized spacial score (nSPS) is 11.2. The number of nitrogens with two attached hydrogens (primary N) is 1. The van der Waals surface area contributed by atoms with E-state index in [0.717, 1.165) is 5.56 Å². The number of rotatable bonds is 8. The van der Waals surface area contributed by atoms with Crippen molar-refractivity contribution >= 4 is 29.0 Å². The number of nitrogens with one attached hydrogen (secondary N) is 2. The van der Waals surface area contributed by atoms with Gasteiger partial charge < -0.3 is 21.5 Å².